The Labute approximate surface area is 178 Å². The highest BCUT2D eigenvalue weighted by molar-refractivity contribution is 6.14. The number of nitrogens with zero attached hydrogens (tertiary/aromatic N) is 1. The Morgan fingerprint density at radius 2 is 2.00 bits per heavy atom. The van der Waals surface area contributed by atoms with Gasteiger partial charge in [-0.25, -0.2) is 0 Å². The van der Waals surface area contributed by atoms with Crippen molar-refractivity contribution in [1.29, 1.82) is 5.41 Å². The van der Waals surface area contributed by atoms with Crippen molar-refractivity contribution in [1.82, 2.24) is 0 Å². The zero-order valence-corrected chi connectivity index (χ0v) is 17.7. The maximum Gasteiger partial charge on any atom is 0.226 e. The molecule has 1 atom stereocenters. The lowest BCUT2D eigenvalue weighted by Gasteiger charge is -2.19. The average Bonchev–Trinajstić information content (AvgIpc) is 2.77. The van der Waals surface area contributed by atoms with Crippen LogP contribution in [0, 0.1) is 11.3 Å². The molecule has 1 unspecified atom stereocenters. The number of carbonyl (C=O) groups is 1. The molecule has 156 valence electrons. The van der Waals surface area contributed by atoms with E-state index in [2.05, 4.69) is 23.8 Å². The van der Waals surface area contributed by atoms with Gasteiger partial charge in [0.25, 0.3) is 0 Å². The molecule has 0 aliphatic heterocycles. The number of benzene rings is 2. The third kappa shape index (κ3) is 6.01. The SMILES string of the molecule is C=C/C(=C\N=C/CCC)c1ccc(C(=N)C(Cc2ccccc2)C(N)=O)c(NC)c1. The van der Waals surface area contributed by atoms with Gasteiger partial charge in [-0.2, -0.15) is 0 Å². The van der Waals surface area contributed by atoms with Gasteiger partial charge in [0.1, 0.15) is 0 Å². The molecule has 4 N–H and O–H groups in total. The molecule has 2 aromatic rings. The lowest BCUT2D eigenvalue weighted by Crippen LogP contribution is -2.32. The van der Waals surface area contributed by atoms with E-state index in [-0.39, 0.29) is 5.71 Å². The van der Waals surface area contributed by atoms with Gasteiger partial charge < -0.3 is 16.5 Å². The van der Waals surface area contributed by atoms with Gasteiger partial charge in [0.2, 0.25) is 5.91 Å². The maximum absolute atomic E-state index is 12.1. The maximum atomic E-state index is 12.1. The van der Waals surface area contributed by atoms with Gasteiger partial charge in [-0.3, -0.25) is 9.79 Å². The number of carbonyl (C=O) groups excluding carboxylic acids is 1. The van der Waals surface area contributed by atoms with Crippen molar-refractivity contribution < 1.29 is 4.79 Å². The number of amides is 1. The molecule has 30 heavy (non-hydrogen) atoms. The number of nitrogens with two attached hydrogens (primary N) is 1. The second-order valence-electron chi connectivity index (χ2n) is 6.98. The molecular weight excluding hydrogens is 372 g/mol. The van der Waals surface area contributed by atoms with Crippen LogP contribution in [0.15, 0.2) is 72.4 Å². The first-order valence-corrected chi connectivity index (χ1v) is 10.1. The van der Waals surface area contributed by atoms with Crippen LogP contribution < -0.4 is 11.1 Å². The van der Waals surface area contributed by atoms with Gasteiger partial charge in [0.05, 0.1) is 11.6 Å². The number of primary amides is 1. The van der Waals surface area contributed by atoms with E-state index in [9.17, 15) is 4.79 Å². The van der Waals surface area contributed by atoms with E-state index in [1.54, 1.807) is 19.3 Å². The molecule has 5 heteroatoms. The molecule has 0 spiro atoms. The van der Waals surface area contributed by atoms with Gasteiger partial charge in [0, 0.05) is 30.7 Å². The minimum Gasteiger partial charge on any atom is -0.388 e. The fraction of sp³-hybridized carbons (Fsp3) is 0.240. The van der Waals surface area contributed by atoms with Crippen LogP contribution in [0.1, 0.15) is 36.5 Å². The fourth-order valence-electron chi connectivity index (χ4n) is 3.13. The first-order valence-electron chi connectivity index (χ1n) is 10.1. The Balaban J connectivity index is 2.35. The summed E-state index contributed by atoms with van der Waals surface area (Å²) >= 11 is 0. The first-order chi connectivity index (χ1) is 14.5. The first kappa shape index (κ1) is 22.8. The van der Waals surface area contributed by atoms with E-state index in [0.29, 0.717) is 12.0 Å². The molecule has 0 saturated carbocycles. The van der Waals surface area contributed by atoms with E-state index in [0.717, 1.165) is 35.2 Å². The molecule has 0 radical (unpaired) electrons. The van der Waals surface area contributed by atoms with E-state index >= 15 is 0 Å². The van der Waals surface area contributed by atoms with E-state index in [1.165, 1.54) is 0 Å². The van der Waals surface area contributed by atoms with Crippen molar-refractivity contribution in [3.05, 3.63) is 84.1 Å². The lowest BCUT2D eigenvalue weighted by molar-refractivity contribution is -0.119. The van der Waals surface area contributed by atoms with E-state index < -0.39 is 11.8 Å². The number of nitrogens with one attached hydrogen (secondary N) is 2. The monoisotopic (exact) mass is 402 g/mol. The molecule has 0 aromatic heterocycles. The summed E-state index contributed by atoms with van der Waals surface area (Å²) in [6.45, 7) is 5.99. The highest BCUT2D eigenvalue weighted by atomic mass is 16.1. The third-order valence-corrected chi connectivity index (χ3v) is 4.84. The molecule has 0 heterocycles. The molecule has 0 aliphatic rings. The highest BCUT2D eigenvalue weighted by Crippen LogP contribution is 2.26. The van der Waals surface area contributed by atoms with Crippen LogP contribution in [0.2, 0.25) is 0 Å². The number of aliphatic imine (C=N–C) groups is 1. The van der Waals surface area contributed by atoms with Crippen LogP contribution in [0.3, 0.4) is 0 Å². The molecule has 0 aliphatic carbocycles. The van der Waals surface area contributed by atoms with Crippen LogP contribution >= 0.6 is 0 Å². The van der Waals surface area contributed by atoms with Crippen molar-refractivity contribution in [3.8, 4) is 0 Å². The van der Waals surface area contributed by atoms with Gasteiger partial charge in [-0.15, -0.1) is 0 Å². The molecule has 0 saturated heterocycles. The van der Waals surface area contributed by atoms with Crippen LogP contribution in [0.25, 0.3) is 5.57 Å². The van der Waals surface area contributed by atoms with Crippen LogP contribution in [0.4, 0.5) is 5.69 Å². The molecule has 5 nitrogen and oxygen atoms in total. The summed E-state index contributed by atoms with van der Waals surface area (Å²) in [4.78, 5) is 16.5. The van der Waals surface area contributed by atoms with Crippen molar-refractivity contribution >= 4 is 29.1 Å². The van der Waals surface area contributed by atoms with Gasteiger partial charge in [-0.1, -0.05) is 68.5 Å². The minimum absolute atomic E-state index is 0.201. The van der Waals surface area contributed by atoms with Crippen molar-refractivity contribution in [3.63, 3.8) is 0 Å². The minimum atomic E-state index is -0.710. The summed E-state index contributed by atoms with van der Waals surface area (Å²) in [5.41, 5.74) is 10.0. The molecular formula is C25H30N4O. The van der Waals surface area contributed by atoms with Gasteiger partial charge in [-0.05, 0) is 35.6 Å². The molecule has 1 amide bonds. The topological polar surface area (TPSA) is 91.3 Å². The number of hydrogen-bond donors (Lipinski definition) is 3. The van der Waals surface area contributed by atoms with Crippen LogP contribution in [0.5, 0.6) is 0 Å². The van der Waals surface area contributed by atoms with Crippen molar-refractivity contribution in [2.45, 2.75) is 26.2 Å². The molecule has 0 fully saturated rings. The van der Waals surface area contributed by atoms with Crippen molar-refractivity contribution in [2.24, 2.45) is 16.6 Å². The summed E-state index contributed by atoms with van der Waals surface area (Å²) in [6.07, 6.45) is 7.78. The van der Waals surface area contributed by atoms with Crippen LogP contribution in [-0.4, -0.2) is 24.9 Å². The molecule has 2 rings (SSSR count). The molecule has 0 bridgehead atoms. The Bertz CT molecular complexity index is 945. The quantitative estimate of drug-likeness (QED) is 0.371. The van der Waals surface area contributed by atoms with Gasteiger partial charge in [0.15, 0.2) is 0 Å². The van der Waals surface area contributed by atoms with E-state index in [4.69, 9.17) is 11.1 Å². The summed E-state index contributed by atoms with van der Waals surface area (Å²) in [5, 5.41) is 11.8. The summed E-state index contributed by atoms with van der Waals surface area (Å²) in [5.74, 6) is -1.22. The fourth-order valence-corrected chi connectivity index (χ4v) is 3.13. The third-order valence-electron chi connectivity index (χ3n) is 4.84. The number of unbranched alkanes of at least 4 members (excludes halogenated alkanes) is 1. The largest absolute Gasteiger partial charge is 0.388 e. The van der Waals surface area contributed by atoms with Crippen molar-refractivity contribution in [2.75, 3.05) is 12.4 Å². The highest BCUT2D eigenvalue weighted by Gasteiger charge is 2.24. The summed E-state index contributed by atoms with van der Waals surface area (Å²) in [7, 11) is 1.79. The summed E-state index contributed by atoms with van der Waals surface area (Å²) < 4.78 is 0. The number of rotatable bonds is 11. The molecule has 2 aromatic carbocycles. The zero-order chi connectivity index (χ0) is 21.9. The normalized spacial score (nSPS) is 12.5. The van der Waals surface area contributed by atoms with Gasteiger partial charge >= 0.3 is 0 Å². The van der Waals surface area contributed by atoms with E-state index in [1.807, 2.05) is 54.7 Å². The number of hydrogen-bond acceptors (Lipinski definition) is 4. The van der Waals surface area contributed by atoms with Crippen LogP contribution in [-0.2, 0) is 11.2 Å². The lowest BCUT2D eigenvalue weighted by atomic mass is 9.88. The Morgan fingerprint density at radius 3 is 2.60 bits per heavy atom. The zero-order valence-electron chi connectivity index (χ0n) is 17.7. The second kappa shape index (κ2) is 11.5. The Kier molecular flexibility index (Phi) is 8.75. The average molecular weight is 403 g/mol. The standard InChI is InChI=1S/C25H30N4O/c1-4-6-14-29-17-19(5-2)20-12-13-21(23(16-20)28-3)24(26)22(25(27)30)15-18-10-8-7-9-11-18/h5,7-14,16-17,22,26,28H,2,4,6,15H2,1,3H3,(H2,27,30)/b19-17+,26-24?,29-14-. The smallest absolute Gasteiger partial charge is 0.226 e. The Hall–Kier alpha value is -3.47. The predicted molar refractivity (Wildman–Crippen MR) is 127 cm³/mol. The second-order valence-corrected chi connectivity index (χ2v) is 6.98. The number of allylic oxidation sites excluding steroid dienone is 2. The summed E-state index contributed by atoms with van der Waals surface area (Å²) in [6, 6.07) is 15.3. The Morgan fingerprint density at radius 1 is 1.27 bits per heavy atom. The predicted octanol–water partition coefficient (Wildman–Crippen LogP) is 4.84. The number of anilines is 1.